The number of hydrogen-bond donors (Lipinski definition) is 0. The minimum Gasteiger partial charge on any atom is -0.491 e. The van der Waals surface area contributed by atoms with E-state index in [0.29, 0.717) is 18.2 Å². The highest BCUT2D eigenvalue weighted by Gasteiger charge is 2.16. The van der Waals surface area contributed by atoms with Gasteiger partial charge in [-0.05, 0) is 42.0 Å². The van der Waals surface area contributed by atoms with Crippen molar-refractivity contribution in [2.24, 2.45) is 0 Å². The molecule has 1 heterocycles. The van der Waals surface area contributed by atoms with Crippen LogP contribution in [0.2, 0.25) is 0 Å². The second-order valence-electron chi connectivity index (χ2n) is 4.44. The molecule has 0 atom stereocenters. The molecule has 0 N–H and O–H groups in total. The first-order valence-electron chi connectivity index (χ1n) is 6.36. The van der Waals surface area contributed by atoms with Crippen molar-refractivity contribution in [1.82, 2.24) is 4.90 Å². The van der Waals surface area contributed by atoms with Gasteiger partial charge in [0.25, 0.3) is 0 Å². The number of hydrogen-bond acceptors (Lipinski definition) is 3. The maximum atomic E-state index is 6.05. The first-order valence-corrected chi connectivity index (χ1v) is 6.74. The largest absolute Gasteiger partial charge is 0.491 e. The van der Waals surface area contributed by atoms with Crippen LogP contribution in [0.3, 0.4) is 0 Å². The molecule has 0 saturated carbocycles. The van der Waals surface area contributed by atoms with Gasteiger partial charge in [0.1, 0.15) is 12.4 Å². The monoisotopic (exact) mass is 291 g/mol. The molecule has 0 amide bonds. The maximum Gasteiger partial charge on any atom is 0.119 e. The van der Waals surface area contributed by atoms with Crippen molar-refractivity contribution in [3.63, 3.8) is 0 Å². The fourth-order valence-corrected chi connectivity index (χ4v) is 2.11. The maximum absolute atomic E-state index is 6.05. The summed E-state index contributed by atoms with van der Waals surface area (Å²) in [6.07, 6.45) is 3.85. The smallest absolute Gasteiger partial charge is 0.119 e. The lowest BCUT2D eigenvalue weighted by molar-refractivity contribution is 0.146. The Morgan fingerprint density at radius 3 is 2.50 bits per heavy atom. The Morgan fingerprint density at radius 2 is 1.85 bits per heavy atom. The summed E-state index contributed by atoms with van der Waals surface area (Å²) in [5, 5.41) is 0.663. The first-order chi connectivity index (χ1) is 9.63. The SMILES string of the molecule is C=C1C(Cl)=CC=C(c2ccc(OCCOC)cc2)N1C. The Morgan fingerprint density at radius 1 is 1.15 bits per heavy atom. The molecule has 20 heavy (non-hydrogen) atoms. The van der Waals surface area contributed by atoms with Crippen LogP contribution in [0, 0.1) is 0 Å². The van der Waals surface area contributed by atoms with E-state index in [4.69, 9.17) is 21.1 Å². The second kappa shape index (κ2) is 6.64. The molecule has 106 valence electrons. The van der Waals surface area contributed by atoms with Gasteiger partial charge < -0.3 is 14.4 Å². The lowest BCUT2D eigenvalue weighted by Crippen LogP contribution is -2.18. The number of ether oxygens (including phenoxy) is 2. The number of nitrogens with zero attached hydrogens (tertiary/aromatic N) is 1. The molecule has 4 heteroatoms. The molecule has 0 unspecified atom stereocenters. The standard InChI is InChI=1S/C16H18ClNO2/c1-12-15(17)8-9-16(18(12)2)13-4-6-14(7-5-13)20-11-10-19-3/h4-9H,1,10-11H2,2-3H3. The average Bonchev–Trinajstić information content (AvgIpc) is 2.46. The Balaban J connectivity index is 2.12. The van der Waals surface area contributed by atoms with E-state index in [1.54, 1.807) is 7.11 Å². The van der Waals surface area contributed by atoms with Gasteiger partial charge >= 0.3 is 0 Å². The molecule has 0 saturated heterocycles. The van der Waals surface area contributed by atoms with E-state index in [2.05, 4.69) is 6.58 Å². The fourth-order valence-electron chi connectivity index (χ4n) is 1.92. The second-order valence-corrected chi connectivity index (χ2v) is 4.85. The molecule has 1 aromatic rings. The van der Waals surface area contributed by atoms with Crippen LogP contribution in [0.1, 0.15) is 5.56 Å². The van der Waals surface area contributed by atoms with Gasteiger partial charge in [-0.15, -0.1) is 0 Å². The third-order valence-electron chi connectivity index (χ3n) is 3.14. The van der Waals surface area contributed by atoms with Crippen LogP contribution in [0.5, 0.6) is 5.75 Å². The lowest BCUT2D eigenvalue weighted by Gasteiger charge is -2.27. The van der Waals surface area contributed by atoms with E-state index >= 15 is 0 Å². The summed E-state index contributed by atoms with van der Waals surface area (Å²) in [4.78, 5) is 1.98. The molecule has 2 rings (SSSR count). The van der Waals surface area contributed by atoms with Crippen LogP contribution in [0.15, 0.2) is 53.7 Å². The van der Waals surface area contributed by atoms with E-state index in [0.717, 1.165) is 22.7 Å². The van der Waals surface area contributed by atoms with Crippen molar-refractivity contribution >= 4 is 17.3 Å². The topological polar surface area (TPSA) is 21.7 Å². The molecule has 1 aromatic carbocycles. The number of benzene rings is 1. The van der Waals surface area contributed by atoms with Crippen molar-refractivity contribution in [3.05, 3.63) is 59.3 Å². The van der Waals surface area contributed by atoms with Crippen molar-refractivity contribution in [2.45, 2.75) is 0 Å². The molecule has 1 aliphatic rings. The normalized spacial score (nSPS) is 14.9. The summed E-state index contributed by atoms with van der Waals surface area (Å²) in [5.41, 5.74) is 2.94. The number of methoxy groups -OCH3 is 1. The van der Waals surface area contributed by atoms with Gasteiger partial charge in [0.15, 0.2) is 0 Å². The summed E-state index contributed by atoms with van der Waals surface area (Å²) < 4.78 is 10.5. The van der Waals surface area contributed by atoms with Crippen molar-refractivity contribution in [3.8, 4) is 5.75 Å². The number of allylic oxidation sites excluding steroid dienone is 3. The van der Waals surface area contributed by atoms with E-state index in [1.165, 1.54) is 0 Å². The van der Waals surface area contributed by atoms with Crippen molar-refractivity contribution in [1.29, 1.82) is 0 Å². The molecule has 0 fully saturated rings. The van der Waals surface area contributed by atoms with Crippen LogP contribution in [0.25, 0.3) is 5.70 Å². The van der Waals surface area contributed by atoms with Crippen LogP contribution in [-0.2, 0) is 4.74 Å². The summed E-state index contributed by atoms with van der Waals surface area (Å²) in [5.74, 6) is 0.831. The van der Waals surface area contributed by atoms with Crippen molar-refractivity contribution in [2.75, 3.05) is 27.4 Å². The number of rotatable bonds is 5. The van der Waals surface area contributed by atoms with Crippen LogP contribution >= 0.6 is 11.6 Å². The molecule has 0 spiro atoms. The van der Waals surface area contributed by atoms with E-state index in [-0.39, 0.29) is 0 Å². The summed E-state index contributed by atoms with van der Waals surface area (Å²) >= 11 is 6.05. The van der Waals surface area contributed by atoms with Gasteiger partial charge in [-0.3, -0.25) is 0 Å². The summed E-state index contributed by atoms with van der Waals surface area (Å²) in [6.45, 7) is 5.10. The minimum atomic E-state index is 0.549. The predicted octanol–water partition coefficient (Wildman–Crippen LogP) is 3.63. The first kappa shape index (κ1) is 14.7. The van der Waals surface area contributed by atoms with Gasteiger partial charge in [-0.2, -0.15) is 0 Å². The molecular formula is C16H18ClNO2. The number of likely N-dealkylation sites (N-methyl/N-ethyl adjacent to an activating group) is 1. The third kappa shape index (κ3) is 3.24. The Bertz CT molecular complexity index is 546. The summed E-state index contributed by atoms with van der Waals surface area (Å²) in [6, 6.07) is 7.93. The minimum absolute atomic E-state index is 0.549. The number of halogens is 1. The average molecular weight is 292 g/mol. The van der Waals surface area contributed by atoms with Crippen molar-refractivity contribution < 1.29 is 9.47 Å². The van der Waals surface area contributed by atoms with Crippen LogP contribution in [0.4, 0.5) is 0 Å². The fraction of sp³-hybridized carbons (Fsp3) is 0.250. The quantitative estimate of drug-likeness (QED) is 0.773. The highest BCUT2D eigenvalue weighted by molar-refractivity contribution is 6.32. The highest BCUT2D eigenvalue weighted by atomic mass is 35.5. The Hall–Kier alpha value is -1.71. The van der Waals surface area contributed by atoms with Gasteiger partial charge in [0.05, 0.1) is 17.3 Å². The van der Waals surface area contributed by atoms with Gasteiger partial charge in [0.2, 0.25) is 0 Å². The van der Waals surface area contributed by atoms with Crippen LogP contribution in [-0.4, -0.2) is 32.3 Å². The van der Waals surface area contributed by atoms with Gasteiger partial charge in [-0.25, -0.2) is 0 Å². The zero-order chi connectivity index (χ0) is 14.5. The molecule has 0 aromatic heterocycles. The Kier molecular flexibility index (Phi) is 4.88. The van der Waals surface area contributed by atoms with Gasteiger partial charge in [0, 0.05) is 19.9 Å². The van der Waals surface area contributed by atoms with E-state index in [1.807, 2.05) is 48.4 Å². The Labute approximate surface area is 124 Å². The zero-order valence-electron chi connectivity index (χ0n) is 11.7. The van der Waals surface area contributed by atoms with Crippen LogP contribution < -0.4 is 4.74 Å². The van der Waals surface area contributed by atoms with E-state index < -0.39 is 0 Å². The third-order valence-corrected chi connectivity index (χ3v) is 3.48. The molecule has 0 bridgehead atoms. The molecule has 1 aliphatic heterocycles. The summed E-state index contributed by atoms with van der Waals surface area (Å²) in [7, 11) is 3.61. The lowest BCUT2D eigenvalue weighted by atomic mass is 10.1. The van der Waals surface area contributed by atoms with Gasteiger partial charge in [-0.1, -0.05) is 18.2 Å². The molecule has 0 radical (unpaired) electrons. The molecular weight excluding hydrogens is 274 g/mol. The molecule has 0 aliphatic carbocycles. The zero-order valence-corrected chi connectivity index (χ0v) is 12.5. The van der Waals surface area contributed by atoms with E-state index in [9.17, 15) is 0 Å². The predicted molar refractivity (Wildman–Crippen MR) is 82.6 cm³/mol. The molecule has 3 nitrogen and oxygen atoms in total. The highest BCUT2D eigenvalue weighted by Crippen LogP contribution is 2.31.